The summed E-state index contributed by atoms with van der Waals surface area (Å²) in [5.74, 6) is -2.44. The van der Waals surface area contributed by atoms with Gasteiger partial charge in [-0.05, 0) is 96.0 Å². The van der Waals surface area contributed by atoms with Crippen LogP contribution in [0.2, 0.25) is 0 Å². The third-order valence-corrected chi connectivity index (χ3v) is 9.61. The number of ether oxygens (including phenoxy) is 1. The summed E-state index contributed by atoms with van der Waals surface area (Å²) >= 11 is 0. The molecule has 0 heterocycles. The number of carbonyl (C=O) groups excluding carboxylic acids is 3. The molecule has 0 radical (unpaired) electrons. The Labute approximate surface area is 358 Å². The lowest BCUT2D eigenvalue weighted by atomic mass is 10.1. The van der Waals surface area contributed by atoms with Crippen LogP contribution in [0.1, 0.15) is 181 Å². The Hall–Kier alpha value is -3.98. The molecule has 0 aromatic carbocycles. The van der Waals surface area contributed by atoms with E-state index in [-0.39, 0.29) is 30.9 Å². The van der Waals surface area contributed by atoms with Crippen LogP contribution in [0.5, 0.6) is 0 Å². The fraction of sp³-hybridized carbons (Fsp3) is 0.640. The molecule has 59 heavy (non-hydrogen) atoms. The molecule has 0 aliphatic carbocycles. The first kappa shape index (κ1) is 55.0. The Morgan fingerprint density at radius 3 is 1.56 bits per heavy atom. The van der Waals surface area contributed by atoms with Gasteiger partial charge in [0.1, 0.15) is 12.1 Å². The van der Waals surface area contributed by atoms with Gasteiger partial charge in [0.15, 0.2) is 0 Å². The highest BCUT2D eigenvalue weighted by atomic mass is 16.5. The highest BCUT2D eigenvalue weighted by Crippen LogP contribution is 2.15. The Morgan fingerprint density at radius 1 is 0.542 bits per heavy atom. The van der Waals surface area contributed by atoms with Gasteiger partial charge in [0, 0.05) is 12.8 Å². The molecule has 0 aliphatic rings. The molecule has 0 saturated carbocycles. The van der Waals surface area contributed by atoms with Crippen molar-refractivity contribution < 1.29 is 34.1 Å². The van der Waals surface area contributed by atoms with Gasteiger partial charge in [-0.1, -0.05) is 157 Å². The zero-order valence-corrected chi connectivity index (χ0v) is 37.0. The van der Waals surface area contributed by atoms with Crippen LogP contribution in [0.3, 0.4) is 0 Å². The molecule has 0 fully saturated rings. The van der Waals surface area contributed by atoms with Gasteiger partial charge >= 0.3 is 11.9 Å². The van der Waals surface area contributed by atoms with Gasteiger partial charge in [-0.15, -0.1) is 0 Å². The number of hydrogen-bond acceptors (Lipinski definition) is 6. The van der Waals surface area contributed by atoms with E-state index >= 15 is 0 Å². The van der Waals surface area contributed by atoms with Crippen molar-refractivity contribution in [1.82, 2.24) is 10.6 Å². The molecule has 2 atom stereocenters. The highest BCUT2D eigenvalue weighted by molar-refractivity contribution is 5.87. The number of nitrogens with one attached hydrogen (secondary N) is 2. The van der Waals surface area contributed by atoms with Crippen LogP contribution in [0.4, 0.5) is 0 Å². The predicted octanol–water partition coefficient (Wildman–Crippen LogP) is 11.7. The monoisotopic (exact) mass is 823 g/mol. The second-order valence-corrected chi connectivity index (χ2v) is 15.1. The molecule has 0 bridgehead atoms. The minimum absolute atomic E-state index is 0.141. The van der Waals surface area contributed by atoms with Crippen molar-refractivity contribution in [2.45, 2.75) is 193 Å². The van der Waals surface area contributed by atoms with Crippen LogP contribution >= 0.6 is 0 Å². The van der Waals surface area contributed by atoms with Crippen LogP contribution in [-0.2, 0) is 23.9 Å². The molecule has 9 heteroatoms. The largest absolute Gasteiger partial charge is 0.480 e. The molecule has 9 nitrogen and oxygen atoms in total. The van der Waals surface area contributed by atoms with E-state index in [0.717, 1.165) is 96.3 Å². The van der Waals surface area contributed by atoms with Crippen LogP contribution in [0.15, 0.2) is 85.1 Å². The van der Waals surface area contributed by atoms with Gasteiger partial charge in [0.25, 0.3) is 0 Å². The summed E-state index contributed by atoms with van der Waals surface area (Å²) in [5.41, 5.74) is 0. The fourth-order valence-electron chi connectivity index (χ4n) is 6.10. The number of aliphatic carboxylic acids is 1. The molecule has 0 saturated heterocycles. The fourth-order valence-corrected chi connectivity index (χ4v) is 6.10. The van der Waals surface area contributed by atoms with Gasteiger partial charge in [0.2, 0.25) is 11.8 Å². The van der Waals surface area contributed by atoms with Gasteiger partial charge in [-0.2, -0.15) is 0 Å². The molecule has 4 N–H and O–H groups in total. The Morgan fingerprint density at radius 2 is 1.02 bits per heavy atom. The van der Waals surface area contributed by atoms with E-state index in [1.54, 1.807) is 0 Å². The van der Waals surface area contributed by atoms with Gasteiger partial charge in [-0.25, -0.2) is 4.79 Å². The minimum Gasteiger partial charge on any atom is -0.480 e. The van der Waals surface area contributed by atoms with Crippen LogP contribution < -0.4 is 10.6 Å². The third-order valence-electron chi connectivity index (χ3n) is 9.61. The summed E-state index contributed by atoms with van der Waals surface area (Å²) < 4.78 is 5.90. The van der Waals surface area contributed by atoms with E-state index in [2.05, 4.69) is 103 Å². The minimum atomic E-state index is -1.40. The standard InChI is InChI=1S/C50H82N2O7/c1-3-5-7-9-11-13-14-15-16-17-18-19-20-21-22-23-24-25-26-28-30-32-38-42-49(56)59-45(39-35-31-29-27-12-10-8-6-4-2)40-36-33-34-37-41-47(54)51-43-48(55)52-46(44-53)50(57)58/h5,7,11,13,15-16,18-19,21-22,27,29,35,39,45-46,53H,3-4,6,8-10,12,14,17,20,23-26,28,30-34,36-38,40-44H2,1-2H3,(H,51,54)(H,52,55)(H,57,58)/b7-5-,13-11-,16-15-,19-18-,22-21-,29-27-,39-35-. The highest BCUT2D eigenvalue weighted by Gasteiger charge is 2.18. The topological polar surface area (TPSA) is 142 Å². The number of rotatable bonds is 40. The van der Waals surface area contributed by atoms with Crippen molar-refractivity contribution in [3.63, 3.8) is 0 Å². The third kappa shape index (κ3) is 40.6. The van der Waals surface area contributed by atoms with Crippen molar-refractivity contribution in [3.8, 4) is 0 Å². The number of hydrogen-bond donors (Lipinski definition) is 4. The van der Waals surface area contributed by atoms with Crippen molar-refractivity contribution in [2.24, 2.45) is 0 Å². The van der Waals surface area contributed by atoms with Crippen molar-refractivity contribution in [2.75, 3.05) is 13.2 Å². The lowest BCUT2D eigenvalue weighted by Gasteiger charge is -2.15. The second kappa shape index (κ2) is 43.6. The summed E-state index contributed by atoms with van der Waals surface area (Å²) in [6, 6.07) is -1.40. The number of amides is 2. The van der Waals surface area contributed by atoms with E-state index in [1.807, 2.05) is 6.08 Å². The molecular weight excluding hydrogens is 741 g/mol. The number of carboxylic acids is 1. The molecule has 0 aliphatic heterocycles. The average Bonchev–Trinajstić information content (AvgIpc) is 3.22. The molecule has 0 aromatic heterocycles. The normalized spacial score (nSPS) is 13.3. The Bertz CT molecular complexity index is 1260. The van der Waals surface area contributed by atoms with E-state index in [1.165, 1.54) is 51.4 Å². The molecule has 2 amide bonds. The number of carboxylic acid groups (broad SMARTS) is 1. The van der Waals surface area contributed by atoms with Gasteiger partial charge in [-0.3, -0.25) is 14.4 Å². The number of unbranched alkanes of at least 4 members (excludes halogenated alkanes) is 14. The molecule has 0 spiro atoms. The summed E-state index contributed by atoms with van der Waals surface area (Å²) in [6.07, 6.45) is 56.3. The predicted molar refractivity (Wildman–Crippen MR) is 245 cm³/mol. The molecule has 0 aromatic rings. The lowest BCUT2D eigenvalue weighted by molar-refractivity contribution is -0.147. The summed E-state index contributed by atoms with van der Waals surface area (Å²) in [5, 5.41) is 22.6. The van der Waals surface area contributed by atoms with Crippen molar-refractivity contribution in [1.29, 1.82) is 0 Å². The average molecular weight is 823 g/mol. The van der Waals surface area contributed by atoms with E-state index in [4.69, 9.17) is 14.9 Å². The number of esters is 1. The SMILES string of the molecule is CC/C=C\C/C=C\C/C=C\C/C=C\C/C=C\CCCCCCCCCC(=O)OC(/C=C\C/C=C\CCCCCC)CCCCCCC(=O)NCC(=O)NC(CO)C(=O)O. The zero-order chi connectivity index (χ0) is 43.3. The number of aliphatic hydroxyl groups is 1. The summed E-state index contributed by atoms with van der Waals surface area (Å²) in [7, 11) is 0. The van der Waals surface area contributed by atoms with Gasteiger partial charge < -0.3 is 25.6 Å². The van der Waals surface area contributed by atoms with Crippen molar-refractivity contribution >= 4 is 23.8 Å². The maximum absolute atomic E-state index is 12.8. The van der Waals surface area contributed by atoms with E-state index < -0.39 is 24.5 Å². The molecule has 2 unspecified atom stereocenters. The zero-order valence-electron chi connectivity index (χ0n) is 37.0. The first-order valence-corrected chi connectivity index (χ1v) is 23.0. The molecular formula is C50H82N2O7. The van der Waals surface area contributed by atoms with E-state index in [9.17, 15) is 19.2 Å². The lowest BCUT2D eigenvalue weighted by Crippen LogP contribution is -2.47. The van der Waals surface area contributed by atoms with E-state index in [0.29, 0.717) is 12.8 Å². The first-order valence-electron chi connectivity index (χ1n) is 23.0. The first-order chi connectivity index (χ1) is 28.8. The second-order valence-electron chi connectivity index (χ2n) is 15.1. The number of aliphatic hydroxyl groups excluding tert-OH is 1. The Balaban J connectivity index is 4.28. The van der Waals surface area contributed by atoms with Crippen LogP contribution in [0.25, 0.3) is 0 Å². The smallest absolute Gasteiger partial charge is 0.328 e. The summed E-state index contributed by atoms with van der Waals surface area (Å²) in [6.45, 7) is 3.30. The van der Waals surface area contributed by atoms with Crippen molar-refractivity contribution in [3.05, 3.63) is 85.1 Å². The van der Waals surface area contributed by atoms with Crippen LogP contribution in [0, 0.1) is 0 Å². The van der Waals surface area contributed by atoms with Gasteiger partial charge in [0.05, 0.1) is 13.2 Å². The number of carbonyl (C=O) groups is 4. The summed E-state index contributed by atoms with van der Waals surface area (Å²) in [4.78, 5) is 47.6. The Kier molecular flexibility index (Phi) is 40.7. The van der Waals surface area contributed by atoms with Crippen LogP contribution in [-0.4, -0.2) is 59.3 Å². The number of allylic oxidation sites excluding steroid dienone is 13. The maximum Gasteiger partial charge on any atom is 0.328 e. The molecule has 0 rings (SSSR count). The molecule has 334 valence electrons. The quantitative estimate of drug-likeness (QED) is 0.0274. The maximum atomic E-state index is 12.8.